The van der Waals surface area contributed by atoms with Crippen molar-refractivity contribution in [2.24, 2.45) is 11.7 Å². The molecule has 0 heterocycles. The Bertz CT molecular complexity index is 258. The van der Waals surface area contributed by atoms with E-state index in [1.807, 2.05) is 27.7 Å². The number of carbonyl (C=O) groups is 2. The van der Waals surface area contributed by atoms with Crippen molar-refractivity contribution >= 4 is 11.9 Å². The van der Waals surface area contributed by atoms with Gasteiger partial charge in [-0.3, -0.25) is 9.59 Å². The van der Waals surface area contributed by atoms with Crippen LogP contribution in [0.1, 0.15) is 40.5 Å². The van der Waals surface area contributed by atoms with Crippen molar-refractivity contribution in [1.29, 1.82) is 0 Å². The van der Waals surface area contributed by atoms with Crippen LogP contribution in [0.5, 0.6) is 0 Å². The molecule has 94 valence electrons. The van der Waals surface area contributed by atoms with Crippen LogP contribution in [-0.4, -0.2) is 28.6 Å². The third-order valence-corrected chi connectivity index (χ3v) is 2.28. The van der Waals surface area contributed by atoms with E-state index in [0.717, 1.165) is 0 Å². The maximum absolute atomic E-state index is 11.6. The highest BCUT2D eigenvalue weighted by atomic mass is 16.4. The summed E-state index contributed by atoms with van der Waals surface area (Å²) in [6.45, 7) is 7.47. The lowest BCUT2D eigenvalue weighted by Gasteiger charge is -2.24. The molecule has 0 aromatic carbocycles. The molecule has 16 heavy (non-hydrogen) atoms. The molecule has 5 heteroatoms. The van der Waals surface area contributed by atoms with E-state index in [2.05, 4.69) is 5.32 Å². The van der Waals surface area contributed by atoms with Gasteiger partial charge in [-0.1, -0.05) is 13.3 Å². The standard InChI is InChI=1S/C11H22N2O3/c1-5-7(9(12)10(15)16)6-8(14)13-11(2,3)4/h7,9H,5-6,12H2,1-4H3,(H,13,14)(H,15,16)/t7?,9-/m0/s1. The van der Waals surface area contributed by atoms with Gasteiger partial charge in [0.25, 0.3) is 0 Å². The van der Waals surface area contributed by atoms with E-state index in [0.29, 0.717) is 6.42 Å². The Morgan fingerprint density at radius 1 is 1.38 bits per heavy atom. The lowest BCUT2D eigenvalue weighted by molar-refractivity contribution is -0.140. The summed E-state index contributed by atoms with van der Waals surface area (Å²) < 4.78 is 0. The van der Waals surface area contributed by atoms with E-state index >= 15 is 0 Å². The summed E-state index contributed by atoms with van der Waals surface area (Å²) in [5.74, 6) is -1.54. The maximum atomic E-state index is 11.6. The third-order valence-electron chi connectivity index (χ3n) is 2.28. The normalized spacial score (nSPS) is 15.3. The molecule has 0 fully saturated rings. The van der Waals surface area contributed by atoms with Crippen LogP contribution in [0.25, 0.3) is 0 Å². The largest absolute Gasteiger partial charge is 0.480 e. The molecule has 0 saturated carbocycles. The first-order chi connectivity index (χ1) is 7.17. The van der Waals surface area contributed by atoms with E-state index in [-0.39, 0.29) is 23.8 Å². The molecule has 2 atom stereocenters. The van der Waals surface area contributed by atoms with Crippen LogP contribution in [-0.2, 0) is 9.59 Å². The number of hydrogen-bond acceptors (Lipinski definition) is 3. The number of carboxylic acid groups (broad SMARTS) is 1. The van der Waals surface area contributed by atoms with Crippen molar-refractivity contribution in [2.75, 3.05) is 0 Å². The first-order valence-corrected chi connectivity index (χ1v) is 5.46. The van der Waals surface area contributed by atoms with Crippen LogP contribution >= 0.6 is 0 Å². The lowest BCUT2D eigenvalue weighted by atomic mass is 9.93. The van der Waals surface area contributed by atoms with E-state index in [9.17, 15) is 9.59 Å². The Kier molecular flexibility index (Phi) is 5.44. The van der Waals surface area contributed by atoms with Crippen LogP contribution in [0.4, 0.5) is 0 Å². The molecule has 0 aliphatic heterocycles. The second-order valence-electron chi connectivity index (χ2n) is 5.03. The molecule has 0 aromatic heterocycles. The monoisotopic (exact) mass is 230 g/mol. The number of amides is 1. The van der Waals surface area contributed by atoms with Gasteiger partial charge in [0.1, 0.15) is 6.04 Å². The number of nitrogens with one attached hydrogen (secondary N) is 1. The summed E-state index contributed by atoms with van der Waals surface area (Å²) in [6.07, 6.45) is 0.728. The highest BCUT2D eigenvalue weighted by Gasteiger charge is 2.26. The van der Waals surface area contributed by atoms with Gasteiger partial charge < -0.3 is 16.2 Å². The zero-order valence-corrected chi connectivity index (χ0v) is 10.4. The lowest BCUT2D eigenvalue weighted by Crippen LogP contribution is -2.44. The maximum Gasteiger partial charge on any atom is 0.320 e. The summed E-state index contributed by atoms with van der Waals surface area (Å²) >= 11 is 0. The zero-order valence-electron chi connectivity index (χ0n) is 10.4. The van der Waals surface area contributed by atoms with E-state index in [1.54, 1.807) is 0 Å². The van der Waals surface area contributed by atoms with Gasteiger partial charge in [-0.25, -0.2) is 0 Å². The fourth-order valence-electron chi connectivity index (χ4n) is 1.43. The van der Waals surface area contributed by atoms with Crippen LogP contribution in [0.2, 0.25) is 0 Å². The average molecular weight is 230 g/mol. The summed E-state index contributed by atoms with van der Waals surface area (Å²) in [5.41, 5.74) is 5.20. The Labute approximate surface area is 96.4 Å². The third kappa shape index (κ3) is 5.70. The zero-order chi connectivity index (χ0) is 12.9. The predicted molar refractivity (Wildman–Crippen MR) is 61.9 cm³/mol. The minimum Gasteiger partial charge on any atom is -0.480 e. The summed E-state index contributed by atoms with van der Waals surface area (Å²) in [5, 5.41) is 11.6. The van der Waals surface area contributed by atoms with Gasteiger partial charge in [0.05, 0.1) is 0 Å². The van der Waals surface area contributed by atoms with Crippen LogP contribution in [0.15, 0.2) is 0 Å². The Morgan fingerprint density at radius 2 is 1.88 bits per heavy atom. The number of nitrogens with two attached hydrogens (primary N) is 1. The van der Waals surface area contributed by atoms with Crippen molar-refractivity contribution in [1.82, 2.24) is 5.32 Å². The Balaban J connectivity index is 4.33. The molecule has 0 radical (unpaired) electrons. The van der Waals surface area contributed by atoms with Gasteiger partial charge in [-0.05, 0) is 26.7 Å². The summed E-state index contributed by atoms with van der Waals surface area (Å²) in [6, 6.07) is -0.976. The molecule has 0 aliphatic rings. The molecule has 5 nitrogen and oxygen atoms in total. The van der Waals surface area contributed by atoms with Gasteiger partial charge >= 0.3 is 5.97 Å². The van der Waals surface area contributed by atoms with Gasteiger partial charge in [-0.15, -0.1) is 0 Å². The number of hydrogen-bond donors (Lipinski definition) is 3. The van der Waals surface area contributed by atoms with Crippen molar-refractivity contribution in [2.45, 2.75) is 52.1 Å². The van der Waals surface area contributed by atoms with Gasteiger partial charge in [0.2, 0.25) is 5.91 Å². The molecule has 0 aliphatic carbocycles. The molecule has 1 unspecified atom stereocenters. The topological polar surface area (TPSA) is 92.4 Å². The first kappa shape index (κ1) is 14.9. The number of rotatable bonds is 5. The molecule has 0 bridgehead atoms. The van der Waals surface area contributed by atoms with Gasteiger partial charge in [-0.2, -0.15) is 0 Å². The van der Waals surface area contributed by atoms with Crippen LogP contribution in [0.3, 0.4) is 0 Å². The van der Waals surface area contributed by atoms with Crippen molar-refractivity contribution in [3.8, 4) is 0 Å². The first-order valence-electron chi connectivity index (χ1n) is 5.46. The van der Waals surface area contributed by atoms with E-state index in [4.69, 9.17) is 10.8 Å². The second-order valence-corrected chi connectivity index (χ2v) is 5.03. The molecular formula is C11H22N2O3. The van der Waals surface area contributed by atoms with Gasteiger partial charge in [0, 0.05) is 12.0 Å². The Hall–Kier alpha value is -1.10. The number of carboxylic acids is 1. The molecule has 1 amide bonds. The van der Waals surface area contributed by atoms with Crippen molar-refractivity contribution < 1.29 is 14.7 Å². The van der Waals surface area contributed by atoms with Crippen molar-refractivity contribution in [3.05, 3.63) is 0 Å². The van der Waals surface area contributed by atoms with Crippen molar-refractivity contribution in [3.63, 3.8) is 0 Å². The minimum atomic E-state index is -1.06. The molecule has 0 rings (SSSR count). The second kappa shape index (κ2) is 5.84. The molecule has 0 spiro atoms. The molecule has 4 N–H and O–H groups in total. The predicted octanol–water partition coefficient (Wildman–Crippen LogP) is 0.729. The SMILES string of the molecule is CCC(CC(=O)NC(C)(C)C)[C@H](N)C(=O)O. The quantitative estimate of drug-likeness (QED) is 0.649. The highest BCUT2D eigenvalue weighted by molar-refractivity contribution is 5.79. The van der Waals surface area contributed by atoms with Crippen LogP contribution < -0.4 is 11.1 Å². The average Bonchev–Trinajstić information content (AvgIpc) is 2.09. The van der Waals surface area contributed by atoms with Gasteiger partial charge in [0.15, 0.2) is 0 Å². The molecule has 0 aromatic rings. The Morgan fingerprint density at radius 3 is 2.19 bits per heavy atom. The fraction of sp³-hybridized carbons (Fsp3) is 0.818. The number of aliphatic carboxylic acids is 1. The van der Waals surface area contributed by atoms with E-state index in [1.165, 1.54) is 0 Å². The van der Waals surface area contributed by atoms with E-state index < -0.39 is 12.0 Å². The molecule has 0 saturated heterocycles. The minimum absolute atomic E-state index is 0.154. The smallest absolute Gasteiger partial charge is 0.320 e. The van der Waals surface area contributed by atoms with Crippen LogP contribution in [0, 0.1) is 5.92 Å². The number of carbonyl (C=O) groups excluding carboxylic acids is 1. The fourth-order valence-corrected chi connectivity index (χ4v) is 1.43. The summed E-state index contributed by atoms with van der Waals surface area (Å²) in [4.78, 5) is 22.3. The molecular weight excluding hydrogens is 208 g/mol. The highest BCUT2D eigenvalue weighted by Crippen LogP contribution is 2.13. The summed E-state index contributed by atoms with van der Waals surface area (Å²) in [7, 11) is 0.